The Balaban J connectivity index is 1.31. The Hall–Kier alpha value is -3.27. The van der Waals surface area contributed by atoms with Gasteiger partial charge in [-0.2, -0.15) is 0 Å². The van der Waals surface area contributed by atoms with Crippen LogP contribution >= 0.6 is 0 Å². The summed E-state index contributed by atoms with van der Waals surface area (Å²) in [5, 5.41) is 13.9. The Bertz CT molecular complexity index is 1410. The van der Waals surface area contributed by atoms with Gasteiger partial charge in [0.2, 0.25) is 5.71 Å². The number of fused-ring (bicyclic) bond motifs is 5. The second-order valence-corrected chi connectivity index (χ2v) is 13.0. The van der Waals surface area contributed by atoms with Gasteiger partial charge in [0.25, 0.3) is 11.5 Å². The molecule has 4 aliphatic rings. The zero-order chi connectivity index (χ0) is 30.1. The number of benzene rings is 1. The van der Waals surface area contributed by atoms with Crippen LogP contribution in [0.1, 0.15) is 96.2 Å². The standard InChI is InChI=1S/C33H45N5O5/c1-3-36(4-2)29(39)20-43-35-31(33(41)42)30-32(40)38(28-14-6-5-13-27(28)34-30)26-18-23-11-8-12-24(19-26)37(23)25-16-21-9-7-10-22(15-21)17-25/h5-6,13-14,21-26H,3-4,7-12,15-20H2,1-2H3,(H,41,42)/b35-31-/t21?,22?,23-,24+,25?,26+. The smallest absolute Gasteiger partial charge is 0.360 e. The van der Waals surface area contributed by atoms with E-state index in [2.05, 4.69) is 15.0 Å². The molecule has 2 aliphatic heterocycles. The highest BCUT2D eigenvalue weighted by Crippen LogP contribution is 2.47. The molecule has 4 fully saturated rings. The van der Waals surface area contributed by atoms with E-state index in [9.17, 15) is 19.5 Å². The highest BCUT2D eigenvalue weighted by Gasteiger charge is 2.45. The molecule has 5 atom stereocenters. The molecular weight excluding hydrogens is 546 g/mol. The first kappa shape index (κ1) is 29.8. The first-order valence-electron chi connectivity index (χ1n) is 16.4. The van der Waals surface area contributed by atoms with Crippen molar-refractivity contribution < 1.29 is 19.5 Å². The summed E-state index contributed by atoms with van der Waals surface area (Å²) in [5.74, 6) is 0.00516. The minimum Gasteiger partial charge on any atom is -0.476 e. The second-order valence-electron chi connectivity index (χ2n) is 13.0. The van der Waals surface area contributed by atoms with Crippen LogP contribution in [0, 0.1) is 11.8 Å². The Labute approximate surface area is 253 Å². The zero-order valence-corrected chi connectivity index (χ0v) is 25.5. The molecule has 232 valence electrons. The van der Waals surface area contributed by atoms with Crippen LogP contribution in [0.2, 0.25) is 0 Å². The van der Waals surface area contributed by atoms with Crippen LogP contribution < -0.4 is 5.56 Å². The van der Waals surface area contributed by atoms with E-state index < -0.39 is 23.8 Å². The number of likely N-dealkylation sites (N-methyl/N-ethyl adjacent to an activating group) is 1. The van der Waals surface area contributed by atoms with Gasteiger partial charge in [-0.3, -0.25) is 14.5 Å². The van der Waals surface area contributed by atoms with Crippen LogP contribution in [-0.4, -0.2) is 79.9 Å². The normalized spacial score (nSPS) is 29.3. The maximum atomic E-state index is 14.2. The van der Waals surface area contributed by atoms with Crippen molar-refractivity contribution in [3.63, 3.8) is 0 Å². The molecule has 2 saturated heterocycles. The van der Waals surface area contributed by atoms with Gasteiger partial charge in [-0.25, -0.2) is 9.78 Å². The Morgan fingerprint density at radius 1 is 0.930 bits per heavy atom. The van der Waals surface area contributed by atoms with E-state index in [4.69, 9.17) is 4.84 Å². The largest absolute Gasteiger partial charge is 0.476 e. The van der Waals surface area contributed by atoms with Crippen molar-refractivity contribution in [2.45, 2.75) is 109 Å². The van der Waals surface area contributed by atoms with Crippen molar-refractivity contribution >= 4 is 28.6 Å². The molecule has 0 spiro atoms. The average molecular weight is 592 g/mol. The number of carboxylic acids is 1. The first-order valence-corrected chi connectivity index (χ1v) is 16.4. The van der Waals surface area contributed by atoms with Crippen molar-refractivity contribution in [2.24, 2.45) is 17.0 Å². The lowest BCUT2D eigenvalue weighted by molar-refractivity contribution is -0.136. The minimum absolute atomic E-state index is 0.0611. The number of carbonyl (C=O) groups excluding carboxylic acids is 1. The van der Waals surface area contributed by atoms with Crippen LogP contribution in [0.3, 0.4) is 0 Å². The minimum atomic E-state index is -1.42. The number of nitrogens with zero attached hydrogens (tertiary/aromatic N) is 5. The molecule has 2 aliphatic carbocycles. The summed E-state index contributed by atoms with van der Waals surface area (Å²) >= 11 is 0. The molecule has 1 aromatic carbocycles. The van der Waals surface area contributed by atoms with E-state index in [1.165, 1.54) is 44.9 Å². The highest BCUT2D eigenvalue weighted by molar-refractivity contribution is 6.41. The van der Waals surface area contributed by atoms with Gasteiger partial charge in [-0.1, -0.05) is 43.0 Å². The molecule has 2 aromatic rings. The molecule has 3 heterocycles. The molecule has 43 heavy (non-hydrogen) atoms. The van der Waals surface area contributed by atoms with Crippen LogP contribution in [0.25, 0.3) is 11.0 Å². The fourth-order valence-electron chi connectivity index (χ4n) is 8.81. The Kier molecular flexibility index (Phi) is 8.84. The van der Waals surface area contributed by atoms with Crippen molar-refractivity contribution in [3.8, 4) is 0 Å². The molecular formula is C33H45N5O5. The van der Waals surface area contributed by atoms with Gasteiger partial charge in [0.05, 0.1) is 11.0 Å². The Morgan fingerprint density at radius 3 is 2.23 bits per heavy atom. The summed E-state index contributed by atoms with van der Waals surface area (Å²) in [7, 11) is 0. The maximum absolute atomic E-state index is 14.2. The Morgan fingerprint density at radius 2 is 1.58 bits per heavy atom. The van der Waals surface area contributed by atoms with Crippen molar-refractivity contribution in [1.82, 2.24) is 19.4 Å². The summed E-state index contributed by atoms with van der Waals surface area (Å²) in [6.07, 6.45) is 13.4. The van der Waals surface area contributed by atoms with Crippen LogP contribution in [0.4, 0.5) is 0 Å². The monoisotopic (exact) mass is 591 g/mol. The highest BCUT2D eigenvalue weighted by atomic mass is 16.6. The van der Waals surface area contributed by atoms with Crippen molar-refractivity contribution in [2.75, 3.05) is 19.7 Å². The molecule has 6 rings (SSSR count). The fourth-order valence-corrected chi connectivity index (χ4v) is 8.81. The molecule has 1 N–H and O–H groups in total. The molecule has 2 saturated carbocycles. The zero-order valence-electron chi connectivity index (χ0n) is 25.5. The predicted octanol–water partition coefficient (Wildman–Crippen LogP) is 4.60. The molecule has 1 amide bonds. The molecule has 10 nitrogen and oxygen atoms in total. The van der Waals surface area contributed by atoms with E-state index in [-0.39, 0.29) is 17.6 Å². The molecule has 0 radical (unpaired) electrons. The lowest BCUT2D eigenvalue weighted by Crippen LogP contribution is -2.58. The summed E-state index contributed by atoms with van der Waals surface area (Å²) in [6.45, 7) is 4.31. The van der Waals surface area contributed by atoms with E-state index in [1.54, 1.807) is 15.5 Å². The number of aromatic nitrogens is 2. The van der Waals surface area contributed by atoms with Crippen molar-refractivity contribution in [3.05, 3.63) is 40.3 Å². The number of hydrogen-bond acceptors (Lipinski definition) is 7. The molecule has 10 heteroatoms. The number of hydrogen-bond donors (Lipinski definition) is 1. The number of para-hydroxylation sites is 2. The van der Waals surface area contributed by atoms with Crippen LogP contribution in [0.5, 0.6) is 0 Å². The molecule has 4 bridgehead atoms. The van der Waals surface area contributed by atoms with E-state index >= 15 is 0 Å². The topological polar surface area (TPSA) is 117 Å². The second kappa shape index (κ2) is 12.8. The average Bonchev–Trinajstić information content (AvgIpc) is 2.99. The molecule has 1 aromatic heterocycles. The van der Waals surface area contributed by atoms with Crippen LogP contribution in [-0.2, 0) is 14.4 Å². The number of carbonyl (C=O) groups is 2. The molecule has 2 unspecified atom stereocenters. The van der Waals surface area contributed by atoms with Gasteiger partial charge < -0.3 is 19.4 Å². The third-order valence-electron chi connectivity index (χ3n) is 10.6. The quantitative estimate of drug-likeness (QED) is 0.335. The predicted molar refractivity (Wildman–Crippen MR) is 164 cm³/mol. The van der Waals surface area contributed by atoms with Gasteiger partial charge in [0.15, 0.2) is 12.3 Å². The van der Waals surface area contributed by atoms with Crippen molar-refractivity contribution in [1.29, 1.82) is 0 Å². The fraction of sp³-hybridized carbons (Fsp3) is 0.667. The van der Waals surface area contributed by atoms with Gasteiger partial charge in [0, 0.05) is 37.3 Å². The third kappa shape index (κ3) is 5.95. The summed E-state index contributed by atoms with van der Waals surface area (Å²) in [4.78, 5) is 53.0. The lowest BCUT2D eigenvalue weighted by Gasteiger charge is -2.55. The van der Waals surface area contributed by atoms with Gasteiger partial charge in [-0.05, 0) is 82.8 Å². The SMILES string of the molecule is CCN(CC)C(=O)CO/N=C(\C(=O)O)c1nc2ccccc2n([C@H]2C[C@H]3CCC[C@@H](C2)N3C2CC3CCCC(C3)C2)c1=O. The lowest BCUT2D eigenvalue weighted by atomic mass is 9.68. The number of rotatable bonds is 9. The van der Waals surface area contributed by atoms with Gasteiger partial charge in [0.1, 0.15) is 0 Å². The summed E-state index contributed by atoms with van der Waals surface area (Å²) in [5.41, 5.74) is -0.0556. The first-order chi connectivity index (χ1) is 20.9. The number of carboxylic acid groups (broad SMARTS) is 1. The van der Waals surface area contributed by atoms with Gasteiger partial charge in [-0.15, -0.1) is 0 Å². The summed E-state index contributed by atoms with van der Waals surface area (Å²) in [6, 6.07) is 8.85. The number of piperidine rings is 2. The maximum Gasteiger partial charge on any atom is 0.360 e. The van der Waals surface area contributed by atoms with E-state index in [1.807, 2.05) is 32.0 Å². The number of aliphatic carboxylic acids is 1. The van der Waals surface area contributed by atoms with E-state index in [0.29, 0.717) is 42.2 Å². The number of oxime groups is 1. The third-order valence-corrected chi connectivity index (χ3v) is 10.6. The van der Waals surface area contributed by atoms with Crippen LogP contribution in [0.15, 0.2) is 34.2 Å². The number of amides is 1. The van der Waals surface area contributed by atoms with Gasteiger partial charge >= 0.3 is 5.97 Å². The summed E-state index contributed by atoms with van der Waals surface area (Å²) < 4.78 is 1.79. The van der Waals surface area contributed by atoms with E-state index in [0.717, 1.165) is 37.5 Å².